The molecule has 7 nitrogen and oxygen atoms in total. The van der Waals surface area contributed by atoms with Crippen LogP contribution in [0.4, 0.5) is 0 Å². The van der Waals surface area contributed by atoms with Gasteiger partial charge in [-0.1, -0.05) is 30.3 Å². The Kier molecular flexibility index (Phi) is 5.14. The van der Waals surface area contributed by atoms with Crippen molar-refractivity contribution in [3.05, 3.63) is 71.1 Å². The van der Waals surface area contributed by atoms with Crippen LogP contribution in [0.15, 0.2) is 65.6 Å². The van der Waals surface area contributed by atoms with Crippen LogP contribution in [0.25, 0.3) is 28.0 Å². The van der Waals surface area contributed by atoms with E-state index in [1.807, 2.05) is 55.6 Å². The van der Waals surface area contributed by atoms with Crippen LogP contribution in [-0.2, 0) is 4.74 Å². The maximum absolute atomic E-state index is 12.4. The summed E-state index contributed by atoms with van der Waals surface area (Å²) in [7, 11) is 3.24. The minimum atomic E-state index is -0.191. The van der Waals surface area contributed by atoms with Crippen LogP contribution in [0.2, 0.25) is 0 Å². The van der Waals surface area contributed by atoms with Crippen molar-refractivity contribution in [2.75, 3.05) is 20.8 Å². The molecule has 0 bridgehead atoms. The molecule has 1 aromatic carbocycles. The summed E-state index contributed by atoms with van der Waals surface area (Å²) in [6.45, 7) is 2.30. The molecule has 0 aliphatic carbocycles. The van der Waals surface area contributed by atoms with Crippen LogP contribution in [0.1, 0.15) is 13.0 Å². The summed E-state index contributed by atoms with van der Waals surface area (Å²) >= 11 is 0. The lowest BCUT2D eigenvalue weighted by atomic mass is 10.0. The predicted octanol–water partition coefficient (Wildman–Crippen LogP) is 3.44. The minimum Gasteiger partial charge on any atom is -0.497 e. The Hall–Kier alpha value is -3.45. The lowest BCUT2D eigenvalue weighted by Gasteiger charge is -2.14. The average molecular weight is 390 g/mol. The fourth-order valence-corrected chi connectivity index (χ4v) is 3.39. The molecule has 0 N–H and O–H groups in total. The predicted molar refractivity (Wildman–Crippen MR) is 111 cm³/mol. The Morgan fingerprint density at radius 1 is 1.03 bits per heavy atom. The zero-order valence-electron chi connectivity index (χ0n) is 16.6. The van der Waals surface area contributed by atoms with E-state index in [4.69, 9.17) is 14.6 Å². The van der Waals surface area contributed by atoms with Gasteiger partial charge in [0.15, 0.2) is 0 Å². The maximum Gasteiger partial charge on any atom is 0.267 e. The van der Waals surface area contributed by atoms with Crippen LogP contribution in [0, 0.1) is 0 Å². The van der Waals surface area contributed by atoms with Crippen LogP contribution in [0.3, 0.4) is 0 Å². The molecule has 1 unspecified atom stereocenters. The summed E-state index contributed by atoms with van der Waals surface area (Å²) in [6, 6.07) is 16.8. The van der Waals surface area contributed by atoms with E-state index in [0.29, 0.717) is 12.3 Å². The van der Waals surface area contributed by atoms with Crippen molar-refractivity contribution in [3.63, 3.8) is 0 Å². The first kappa shape index (κ1) is 18.9. The summed E-state index contributed by atoms with van der Waals surface area (Å²) in [6.07, 6.45) is 1.85. The SMILES string of the molecule is COCC(C)n1nc(-c2c(-c3ccccc3)nn3ccc(OC)cc23)ccc1=O. The van der Waals surface area contributed by atoms with Gasteiger partial charge in [0, 0.05) is 31.0 Å². The zero-order chi connectivity index (χ0) is 20.4. The second-order valence-corrected chi connectivity index (χ2v) is 6.79. The van der Waals surface area contributed by atoms with Crippen molar-refractivity contribution < 1.29 is 9.47 Å². The Morgan fingerprint density at radius 2 is 1.83 bits per heavy atom. The lowest BCUT2D eigenvalue weighted by Crippen LogP contribution is -2.27. The molecule has 0 fully saturated rings. The first-order chi connectivity index (χ1) is 14.1. The third kappa shape index (κ3) is 3.52. The summed E-state index contributed by atoms with van der Waals surface area (Å²) in [4.78, 5) is 12.4. The van der Waals surface area contributed by atoms with Gasteiger partial charge in [0.2, 0.25) is 0 Å². The van der Waals surface area contributed by atoms with Crippen molar-refractivity contribution in [1.82, 2.24) is 19.4 Å². The Bertz CT molecular complexity index is 1200. The number of benzene rings is 1. The lowest BCUT2D eigenvalue weighted by molar-refractivity contribution is 0.155. The van der Waals surface area contributed by atoms with Crippen LogP contribution in [0.5, 0.6) is 5.75 Å². The van der Waals surface area contributed by atoms with Gasteiger partial charge >= 0.3 is 0 Å². The third-order valence-electron chi connectivity index (χ3n) is 4.80. The fourth-order valence-electron chi connectivity index (χ4n) is 3.39. The summed E-state index contributed by atoms with van der Waals surface area (Å²) < 4.78 is 13.9. The highest BCUT2D eigenvalue weighted by Crippen LogP contribution is 2.35. The highest BCUT2D eigenvalue weighted by atomic mass is 16.5. The largest absolute Gasteiger partial charge is 0.497 e. The van der Waals surface area contributed by atoms with Crippen molar-refractivity contribution >= 4 is 5.52 Å². The zero-order valence-corrected chi connectivity index (χ0v) is 16.6. The molecule has 4 rings (SSSR count). The number of fused-ring (bicyclic) bond motifs is 1. The molecule has 3 heterocycles. The number of hydrogen-bond acceptors (Lipinski definition) is 5. The molecule has 148 valence electrons. The monoisotopic (exact) mass is 390 g/mol. The number of rotatable bonds is 6. The van der Waals surface area contributed by atoms with Gasteiger partial charge in [-0.25, -0.2) is 9.20 Å². The Balaban J connectivity index is 1.99. The molecule has 7 heteroatoms. The molecule has 0 radical (unpaired) electrons. The molecule has 0 saturated carbocycles. The van der Waals surface area contributed by atoms with Crippen molar-refractivity contribution in [2.45, 2.75) is 13.0 Å². The van der Waals surface area contributed by atoms with E-state index in [1.165, 1.54) is 10.7 Å². The Labute approximate surface area is 168 Å². The number of methoxy groups -OCH3 is 2. The van der Waals surface area contributed by atoms with Crippen LogP contribution in [-0.4, -0.2) is 40.2 Å². The van der Waals surface area contributed by atoms with Crippen molar-refractivity contribution in [3.8, 4) is 28.3 Å². The number of hydrogen-bond donors (Lipinski definition) is 0. The van der Waals surface area contributed by atoms with E-state index in [2.05, 4.69) is 5.10 Å². The molecule has 1 atom stereocenters. The minimum absolute atomic E-state index is 0.173. The first-order valence-electron chi connectivity index (χ1n) is 9.33. The molecule has 0 amide bonds. The fraction of sp³-hybridized carbons (Fsp3) is 0.227. The molecular weight excluding hydrogens is 368 g/mol. The maximum atomic E-state index is 12.4. The van der Waals surface area contributed by atoms with E-state index in [1.54, 1.807) is 24.8 Å². The van der Waals surface area contributed by atoms with Gasteiger partial charge < -0.3 is 9.47 Å². The van der Waals surface area contributed by atoms with Crippen LogP contribution >= 0.6 is 0 Å². The van der Waals surface area contributed by atoms with E-state index in [0.717, 1.165) is 28.1 Å². The van der Waals surface area contributed by atoms with Gasteiger partial charge in [-0.05, 0) is 19.1 Å². The topological polar surface area (TPSA) is 70.7 Å². The first-order valence-corrected chi connectivity index (χ1v) is 9.33. The quantitative estimate of drug-likeness (QED) is 0.504. The normalized spacial score (nSPS) is 12.2. The molecular formula is C22H22N4O3. The van der Waals surface area contributed by atoms with Crippen molar-refractivity contribution in [1.29, 1.82) is 0 Å². The smallest absolute Gasteiger partial charge is 0.267 e. The van der Waals surface area contributed by atoms with Gasteiger partial charge in [-0.2, -0.15) is 10.2 Å². The van der Waals surface area contributed by atoms with Gasteiger partial charge in [-0.15, -0.1) is 0 Å². The number of pyridine rings is 1. The van der Waals surface area contributed by atoms with Crippen LogP contribution < -0.4 is 10.3 Å². The molecule has 4 aromatic rings. The average Bonchev–Trinajstić information content (AvgIpc) is 3.13. The molecule has 0 spiro atoms. The van der Waals surface area contributed by atoms with Gasteiger partial charge in [0.05, 0.1) is 36.5 Å². The molecule has 0 aliphatic rings. The van der Waals surface area contributed by atoms with Crippen molar-refractivity contribution in [2.24, 2.45) is 0 Å². The molecule has 0 saturated heterocycles. The number of ether oxygens (including phenoxy) is 2. The summed E-state index contributed by atoms with van der Waals surface area (Å²) in [5, 5.41) is 9.43. The van der Waals surface area contributed by atoms with E-state index < -0.39 is 0 Å². The molecule has 29 heavy (non-hydrogen) atoms. The van der Waals surface area contributed by atoms with Gasteiger partial charge in [-0.3, -0.25) is 4.79 Å². The van der Waals surface area contributed by atoms with Gasteiger partial charge in [0.25, 0.3) is 5.56 Å². The molecule has 3 aromatic heterocycles. The number of aromatic nitrogens is 4. The molecule has 0 aliphatic heterocycles. The highest BCUT2D eigenvalue weighted by Gasteiger charge is 2.20. The number of nitrogens with zero attached hydrogens (tertiary/aromatic N) is 4. The highest BCUT2D eigenvalue weighted by molar-refractivity contribution is 5.91. The second-order valence-electron chi connectivity index (χ2n) is 6.79. The Morgan fingerprint density at radius 3 is 2.55 bits per heavy atom. The second kappa shape index (κ2) is 7.89. The van der Waals surface area contributed by atoms with E-state index in [9.17, 15) is 4.79 Å². The summed E-state index contributed by atoms with van der Waals surface area (Å²) in [5.74, 6) is 0.722. The third-order valence-corrected chi connectivity index (χ3v) is 4.80. The van der Waals surface area contributed by atoms with E-state index >= 15 is 0 Å². The van der Waals surface area contributed by atoms with Gasteiger partial charge in [0.1, 0.15) is 11.4 Å². The van der Waals surface area contributed by atoms with E-state index in [-0.39, 0.29) is 11.6 Å². The standard InChI is InChI=1S/C22H22N4O3/c1-15(14-28-2)26-20(27)10-9-18(23-26)21-19-13-17(29-3)11-12-25(19)24-22(21)16-7-5-4-6-8-16/h4-13,15H,14H2,1-3H3. The summed E-state index contributed by atoms with van der Waals surface area (Å²) in [5.41, 5.74) is 3.93.